The molecule has 2 aromatic rings. The maximum absolute atomic E-state index is 7.15. The van der Waals surface area contributed by atoms with Crippen LogP contribution in [0.1, 0.15) is 5.69 Å². The number of H-pyrrole nitrogens is 1. The Morgan fingerprint density at radius 1 is 1.33 bits per heavy atom. The normalized spacial score (nSPS) is 10.1. The van der Waals surface area contributed by atoms with Crippen molar-refractivity contribution in [3.8, 4) is 0 Å². The maximum Gasteiger partial charge on any atom is 0.171 e. The molecule has 0 saturated heterocycles. The summed E-state index contributed by atoms with van der Waals surface area (Å²) in [5.41, 5.74) is 5.63. The molecule has 0 spiro atoms. The molecule has 0 amide bonds. The minimum absolute atomic E-state index is 0.0861. The van der Waals surface area contributed by atoms with Gasteiger partial charge in [-0.05, 0) is 11.8 Å². The molecule has 0 aromatic carbocycles. The van der Waals surface area contributed by atoms with Gasteiger partial charge in [-0.15, -0.1) is 0 Å². The van der Waals surface area contributed by atoms with Crippen LogP contribution in [0.3, 0.4) is 0 Å². The second-order valence-corrected chi connectivity index (χ2v) is 3.66. The molecule has 0 aliphatic carbocycles. The first-order valence-corrected chi connectivity index (χ1v) is 4.91. The van der Waals surface area contributed by atoms with Gasteiger partial charge in [0.2, 0.25) is 0 Å². The second-order valence-electron chi connectivity index (χ2n) is 2.65. The number of hydrogen-bond donors (Lipinski definition) is 3. The lowest BCUT2D eigenvalue weighted by Crippen LogP contribution is -2.13. The van der Waals surface area contributed by atoms with Gasteiger partial charge in [-0.1, -0.05) is 0 Å². The monoisotopic (exact) mass is 220 g/mol. The Kier molecular flexibility index (Phi) is 2.64. The van der Waals surface area contributed by atoms with Crippen molar-refractivity contribution in [1.82, 2.24) is 19.9 Å². The molecule has 0 fully saturated rings. The zero-order chi connectivity index (χ0) is 10.7. The number of hydrogen-bond acceptors (Lipinski definition) is 5. The van der Waals surface area contributed by atoms with Crippen LogP contribution in [0, 0.1) is 5.41 Å². The molecule has 0 radical (unpaired) electrons. The molecule has 0 aliphatic heterocycles. The summed E-state index contributed by atoms with van der Waals surface area (Å²) >= 11 is 1.36. The SMILES string of the molecule is N=C(N)c1cnc(Sc2ncc[nH]2)cn1. The molecule has 15 heavy (non-hydrogen) atoms. The number of imidazole rings is 1. The summed E-state index contributed by atoms with van der Waals surface area (Å²) in [6.07, 6.45) is 6.43. The molecular formula is C8H8N6S. The fourth-order valence-electron chi connectivity index (χ4n) is 0.914. The van der Waals surface area contributed by atoms with Crippen molar-refractivity contribution in [3.63, 3.8) is 0 Å². The first kappa shape index (κ1) is 9.66. The van der Waals surface area contributed by atoms with E-state index >= 15 is 0 Å². The predicted molar refractivity (Wildman–Crippen MR) is 55.8 cm³/mol. The van der Waals surface area contributed by atoms with E-state index in [1.54, 1.807) is 18.6 Å². The van der Waals surface area contributed by atoms with Crippen LogP contribution < -0.4 is 5.73 Å². The Balaban J connectivity index is 2.14. The first-order chi connectivity index (χ1) is 7.25. The Morgan fingerprint density at radius 3 is 2.73 bits per heavy atom. The number of rotatable bonds is 3. The molecule has 6 nitrogen and oxygen atoms in total. The Labute approximate surface area is 89.9 Å². The fraction of sp³-hybridized carbons (Fsp3) is 0. The minimum atomic E-state index is -0.0861. The molecule has 0 bridgehead atoms. The summed E-state index contributed by atoms with van der Waals surface area (Å²) in [6.45, 7) is 0. The molecular weight excluding hydrogens is 212 g/mol. The zero-order valence-corrected chi connectivity index (χ0v) is 8.45. The summed E-state index contributed by atoms with van der Waals surface area (Å²) in [6, 6.07) is 0. The van der Waals surface area contributed by atoms with Crippen LogP contribution in [0.25, 0.3) is 0 Å². The van der Waals surface area contributed by atoms with E-state index in [-0.39, 0.29) is 5.84 Å². The van der Waals surface area contributed by atoms with E-state index in [0.717, 1.165) is 5.16 Å². The van der Waals surface area contributed by atoms with E-state index in [9.17, 15) is 0 Å². The van der Waals surface area contributed by atoms with E-state index < -0.39 is 0 Å². The zero-order valence-electron chi connectivity index (χ0n) is 7.64. The van der Waals surface area contributed by atoms with Gasteiger partial charge in [0.15, 0.2) is 5.16 Å². The van der Waals surface area contributed by atoms with Crippen LogP contribution >= 0.6 is 11.8 Å². The average molecular weight is 220 g/mol. The van der Waals surface area contributed by atoms with Gasteiger partial charge in [0.05, 0.1) is 12.4 Å². The van der Waals surface area contributed by atoms with Crippen molar-refractivity contribution >= 4 is 17.6 Å². The number of nitrogens with one attached hydrogen (secondary N) is 2. The molecule has 0 unspecified atom stereocenters. The van der Waals surface area contributed by atoms with Gasteiger partial charge in [0, 0.05) is 12.4 Å². The average Bonchev–Trinajstić information content (AvgIpc) is 2.71. The molecule has 76 valence electrons. The van der Waals surface area contributed by atoms with Crippen LogP contribution in [0.4, 0.5) is 0 Å². The van der Waals surface area contributed by atoms with Gasteiger partial charge in [-0.3, -0.25) is 5.41 Å². The summed E-state index contributed by atoms with van der Waals surface area (Å²) in [7, 11) is 0. The molecule has 2 aromatic heterocycles. The van der Waals surface area contributed by atoms with Crippen LogP contribution in [-0.2, 0) is 0 Å². The standard InChI is InChI=1S/C8H8N6S/c9-7(10)5-3-14-6(4-13-5)15-8-11-1-2-12-8/h1-4H,(H3,9,10)(H,11,12). The van der Waals surface area contributed by atoms with Crippen molar-refractivity contribution in [2.45, 2.75) is 10.2 Å². The number of nitrogens with zero attached hydrogens (tertiary/aromatic N) is 3. The number of nitrogen functional groups attached to an aromatic ring is 1. The van der Waals surface area contributed by atoms with Crippen LogP contribution in [0.2, 0.25) is 0 Å². The number of aromatic nitrogens is 4. The lowest BCUT2D eigenvalue weighted by Gasteiger charge is -1.98. The van der Waals surface area contributed by atoms with Crippen molar-refractivity contribution in [1.29, 1.82) is 5.41 Å². The highest BCUT2D eigenvalue weighted by Crippen LogP contribution is 2.20. The molecule has 0 saturated carbocycles. The molecule has 2 rings (SSSR count). The van der Waals surface area contributed by atoms with Gasteiger partial charge < -0.3 is 10.7 Å². The number of amidine groups is 1. The predicted octanol–water partition coefficient (Wildman–Crippen LogP) is 0.635. The third-order valence-electron chi connectivity index (χ3n) is 1.58. The van der Waals surface area contributed by atoms with Gasteiger partial charge in [-0.2, -0.15) is 0 Å². The number of aromatic amines is 1. The highest BCUT2D eigenvalue weighted by molar-refractivity contribution is 7.99. The van der Waals surface area contributed by atoms with Gasteiger partial charge >= 0.3 is 0 Å². The van der Waals surface area contributed by atoms with E-state index in [2.05, 4.69) is 19.9 Å². The van der Waals surface area contributed by atoms with Gasteiger partial charge in [0.25, 0.3) is 0 Å². The third kappa shape index (κ3) is 2.32. The number of nitrogens with two attached hydrogens (primary N) is 1. The minimum Gasteiger partial charge on any atom is -0.382 e. The third-order valence-corrected chi connectivity index (χ3v) is 2.42. The van der Waals surface area contributed by atoms with Crippen LogP contribution in [0.5, 0.6) is 0 Å². The van der Waals surface area contributed by atoms with E-state index in [0.29, 0.717) is 10.7 Å². The first-order valence-electron chi connectivity index (χ1n) is 4.09. The molecule has 7 heteroatoms. The summed E-state index contributed by atoms with van der Waals surface area (Å²) in [5, 5.41) is 8.61. The topological polar surface area (TPSA) is 104 Å². The van der Waals surface area contributed by atoms with Crippen molar-refractivity contribution < 1.29 is 0 Å². The fourth-order valence-corrected chi connectivity index (χ4v) is 1.56. The maximum atomic E-state index is 7.15. The van der Waals surface area contributed by atoms with Crippen molar-refractivity contribution in [3.05, 3.63) is 30.5 Å². The summed E-state index contributed by atoms with van der Waals surface area (Å²) < 4.78 is 0. The lowest BCUT2D eigenvalue weighted by atomic mass is 10.4. The Bertz CT molecular complexity index is 448. The summed E-state index contributed by atoms with van der Waals surface area (Å²) in [5.74, 6) is -0.0861. The largest absolute Gasteiger partial charge is 0.382 e. The van der Waals surface area contributed by atoms with Crippen LogP contribution in [-0.4, -0.2) is 25.8 Å². The Morgan fingerprint density at radius 2 is 2.20 bits per heavy atom. The summed E-state index contributed by atoms with van der Waals surface area (Å²) in [4.78, 5) is 15.1. The smallest absolute Gasteiger partial charge is 0.171 e. The van der Waals surface area contributed by atoms with E-state index in [1.807, 2.05) is 0 Å². The van der Waals surface area contributed by atoms with Crippen molar-refractivity contribution in [2.24, 2.45) is 5.73 Å². The van der Waals surface area contributed by atoms with E-state index in [1.165, 1.54) is 18.0 Å². The quantitative estimate of drug-likeness (QED) is 0.520. The van der Waals surface area contributed by atoms with Crippen molar-refractivity contribution in [2.75, 3.05) is 0 Å². The molecule has 0 atom stereocenters. The molecule has 4 N–H and O–H groups in total. The molecule has 2 heterocycles. The molecule has 0 aliphatic rings. The highest BCUT2D eigenvalue weighted by atomic mass is 32.2. The van der Waals surface area contributed by atoms with Gasteiger partial charge in [0.1, 0.15) is 16.6 Å². The lowest BCUT2D eigenvalue weighted by molar-refractivity contribution is 1.01. The highest BCUT2D eigenvalue weighted by Gasteiger charge is 2.03. The van der Waals surface area contributed by atoms with Gasteiger partial charge in [-0.25, -0.2) is 15.0 Å². The second kappa shape index (κ2) is 4.09. The van der Waals surface area contributed by atoms with Crippen LogP contribution in [0.15, 0.2) is 35.0 Å². The van der Waals surface area contributed by atoms with E-state index in [4.69, 9.17) is 11.1 Å². The Hall–Kier alpha value is -1.89.